The van der Waals surface area contributed by atoms with E-state index in [-0.39, 0.29) is 29.3 Å². The Kier molecular flexibility index (Phi) is 4.20. The van der Waals surface area contributed by atoms with Crippen molar-refractivity contribution in [2.75, 3.05) is 19.6 Å². The van der Waals surface area contributed by atoms with Gasteiger partial charge in [0.05, 0.1) is 6.04 Å². The van der Waals surface area contributed by atoms with Crippen molar-refractivity contribution >= 4 is 29.2 Å². The zero-order valence-electron chi connectivity index (χ0n) is 14.4. The monoisotopic (exact) mass is 386 g/mol. The largest absolute Gasteiger partial charge is 0.352 e. The van der Waals surface area contributed by atoms with E-state index in [1.165, 1.54) is 4.90 Å². The van der Waals surface area contributed by atoms with Crippen molar-refractivity contribution in [2.45, 2.75) is 50.7 Å². The summed E-state index contributed by atoms with van der Waals surface area (Å²) in [6, 6.07) is -1.35. The van der Waals surface area contributed by atoms with Crippen molar-refractivity contribution in [1.29, 1.82) is 0 Å². The molecule has 1 spiro atoms. The maximum absolute atomic E-state index is 12.6. The zero-order chi connectivity index (χ0) is 18.6. The molecule has 0 aromatic heterocycles. The molecule has 1 unspecified atom stereocenters. The Morgan fingerprint density at radius 2 is 2.00 bits per heavy atom. The van der Waals surface area contributed by atoms with Crippen LogP contribution in [0.15, 0.2) is 0 Å². The van der Waals surface area contributed by atoms with E-state index in [1.807, 2.05) is 4.90 Å². The Balaban J connectivity index is 1.30. The normalized spacial score (nSPS) is 30.8. The SMILES string of the molecule is CC(=O)N1CC2(CC(NC(=O)[C@@H]3CC[C@@H]4CN3C(=O)N4OS(=O)O)C2)C1. The molecule has 0 aromatic rings. The molecule has 3 saturated heterocycles. The number of amides is 4. The molecule has 26 heavy (non-hydrogen) atoms. The van der Waals surface area contributed by atoms with E-state index >= 15 is 0 Å². The van der Waals surface area contributed by atoms with Gasteiger partial charge < -0.3 is 15.1 Å². The van der Waals surface area contributed by atoms with Crippen LogP contribution in [0.5, 0.6) is 0 Å². The first kappa shape index (κ1) is 17.7. The number of hydroxylamine groups is 2. The summed E-state index contributed by atoms with van der Waals surface area (Å²) in [6.45, 7) is 3.40. The average molecular weight is 386 g/mol. The highest BCUT2D eigenvalue weighted by Crippen LogP contribution is 2.48. The molecule has 0 aromatic carbocycles. The van der Waals surface area contributed by atoms with Gasteiger partial charge in [0.15, 0.2) is 0 Å². The third-order valence-corrected chi connectivity index (χ3v) is 6.26. The first-order valence-electron chi connectivity index (χ1n) is 8.73. The second kappa shape index (κ2) is 6.17. The van der Waals surface area contributed by atoms with Crippen molar-refractivity contribution < 1.29 is 27.4 Å². The lowest BCUT2D eigenvalue weighted by Crippen LogP contribution is -2.68. The molecule has 3 heterocycles. The number of nitrogens with zero attached hydrogens (tertiary/aromatic N) is 3. The lowest BCUT2D eigenvalue weighted by atomic mass is 9.60. The number of hydrogen-bond donors (Lipinski definition) is 2. The van der Waals surface area contributed by atoms with E-state index in [9.17, 15) is 18.6 Å². The van der Waals surface area contributed by atoms with Crippen molar-refractivity contribution in [1.82, 2.24) is 20.2 Å². The van der Waals surface area contributed by atoms with Crippen molar-refractivity contribution in [3.63, 3.8) is 0 Å². The van der Waals surface area contributed by atoms with E-state index in [1.54, 1.807) is 6.92 Å². The zero-order valence-corrected chi connectivity index (χ0v) is 15.2. The molecular formula is C15H22N4O6S. The maximum atomic E-state index is 12.6. The number of piperidine rings is 1. The summed E-state index contributed by atoms with van der Waals surface area (Å²) in [6.07, 6.45) is 2.74. The third-order valence-electron chi connectivity index (χ3n) is 5.97. The molecule has 4 rings (SSSR count). The molecule has 3 aliphatic heterocycles. The number of carbonyl (C=O) groups excluding carboxylic acids is 3. The fourth-order valence-corrected chi connectivity index (χ4v) is 5.02. The molecule has 10 nitrogen and oxygen atoms in total. The third kappa shape index (κ3) is 2.87. The Hall–Kier alpha value is -1.72. The number of likely N-dealkylation sites (tertiary alicyclic amines) is 1. The van der Waals surface area contributed by atoms with Crippen LogP contribution in [0.1, 0.15) is 32.6 Å². The summed E-state index contributed by atoms with van der Waals surface area (Å²) in [7, 11) is 0. The molecule has 1 saturated carbocycles. The van der Waals surface area contributed by atoms with Gasteiger partial charge in [-0.05, 0) is 25.7 Å². The standard InChI is InChI=1S/C15H22N4O6S/c1-9(20)17-7-15(8-17)4-10(5-15)16-13(21)12-3-2-11-6-18(12)14(22)19(11)25-26(23)24/h10-12H,2-8H2,1H3,(H,16,21)(H,23,24)/t11-,12+/m1/s1. The second-order valence-electron chi connectivity index (χ2n) is 7.79. The second-order valence-corrected chi connectivity index (χ2v) is 8.37. The van der Waals surface area contributed by atoms with Gasteiger partial charge in [-0.1, -0.05) is 0 Å². The van der Waals surface area contributed by atoms with Gasteiger partial charge in [-0.15, -0.1) is 4.28 Å². The quantitative estimate of drug-likeness (QED) is 0.626. The highest BCUT2D eigenvalue weighted by atomic mass is 32.2. The topological polar surface area (TPSA) is 119 Å². The molecule has 4 amide bonds. The lowest BCUT2D eigenvalue weighted by molar-refractivity contribution is -0.151. The minimum absolute atomic E-state index is 0.0735. The van der Waals surface area contributed by atoms with E-state index in [2.05, 4.69) is 9.60 Å². The first-order chi connectivity index (χ1) is 12.3. The van der Waals surface area contributed by atoms with Crippen LogP contribution in [0.4, 0.5) is 4.79 Å². The van der Waals surface area contributed by atoms with Gasteiger partial charge in [0.25, 0.3) is 0 Å². The molecule has 4 aliphatic rings. The Labute approximate surface area is 153 Å². The number of nitrogens with one attached hydrogen (secondary N) is 1. The van der Waals surface area contributed by atoms with Gasteiger partial charge in [0.2, 0.25) is 11.8 Å². The first-order valence-corrected chi connectivity index (χ1v) is 9.76. The predicted octanol–water partition coefficient (Wildman–Crippen LogP) is -0.550. The van der Waals surface area contributed by atoms with E-state index in [0.717, 1.165) is 31.0 Å². The molecule has 4 fully saturated rings. The molecule has 2 N–H and O–H groups in total. The summed E-state index contributed by atoms with van der Waals surface area (Å²) < 4.78 is 24.3. The summed E-state index contributed by atoms with van der Waals surface area (Å²) in [5, 5.41) is 3.92. The minimum atomic E-state index is -2.57. The van der Waals surface area contributed by atoms with E-state index in [4.69, 9.17) is 4.55 Å². The summed E-state index contributed by atoms with van der Waals surface area (Å²) in [4.78, 5) is 39.4. The Morgan fingerprint density at radius 3 is 2.62 bits per heavy atom. The van der Waals surface area contributed by atoms with Crippen LogP contribution < -0.4 is 5.32 Å². The summed E-state index contributed by atoms with van der Waals surface area (Å²) in [5.41, 5.74) is 0.153. The van der Waals surface area contributed by atoms with Crippen molar-refractivity contribution in [3.05, 3.63) is 0 Å². The number of urea groups is 1. The number of fused-ring (bicyclic) bond motifs is 2. The van der Waals surface area contributed by atoms with E-state index < -0.39 is 23.4 Å². The van der Waals surface area contributed by atoms with Crippen LogP contribution in [0.2, 0.25) is 0 Å². The van der Waals surface area contributed by atoms with Crippen LogP contribution in [0, 0.1) is 5.41 Å². The molecule has 0 radical (unpaired) electrons. The molecule has 1 aliphatic carbocycles. The number of carbonyl (C=O) groups is 3. The van der Waals surface area contributed by atoms with Crippen molar-refractivity contribution in [3.8, 4) is 0 Å². The van der Waals surface area contributed by atoms with Crippen LogP contribution in [0.3, 0.4) is 0 Å². The number of hydrogen-bond acceptors (Lipinski definition) is 5. The smallest absolute Gasteiger partial charge is 0.346 e. The fourth-order valence-electron chi connectivity index (χ4n) is 4.70. The van der Waals surface area contributed by atoms with Gasteiger partial charge >= 0.3 is 17.4 Å². The highest BCUT2D eigenvalue weighted by molar-refractivity contribution is 7.74. The Bertz CT molecular complexity index is 673. The maximum Gasteiger partial charge on any atom is 0.346 e. The molecular weight excluding hydrogens is 364 g/mol. The molecule has 11 heteroatoms. The highest BCUT2D eigenvalue weighted by Gasteiger charge is 2.54. The summed E-state index contributed by atoms with van der Waals surface area (Å²) >= 11 is -2.57. The fraction of sp³-hybridized carbons (Fsp3) is 0.800. The number of rotatable bonds is 4. The van der Waals surface area contributed by atoms with Gasteiger partial charge in [0, 0.05) is 38.0 Å². The molecule has 2 bridgehead atoms. The Morgan fingerprint density at radius 1 is 1.31 bits per heavy atom. The summed E-state index contributed by atoms with van der Waals surface area (Å²) in [5.74, 6) is -0.102. The van der Waals surface area contributed by atoms with Crippen LogP contribution in [-0.2, 0) is 25.2 Å². The van der Waals surface area contributed by atoms with Gasteiger partial charge in [0.1, 0.15) is 6.04 Å². The van der Waals surface area contributed by atoms with Crippen LogP contribution >= 0.6 is 0 Å². The van der Waals surface area contributed by atoms with Gasteiger partial charge in [-0.3, -0.25) is 14.1 Å². The van der Waals surface area contributed by atoms with Crippen molar-refractivity contribution in [2.24, 2.45) is 5.41 Å². The molecule has 3 atom stereocenters. The minimum Gasteiger partial charge on any atom is -0.352 e. The van der Waals surface area contributed by atoms with Crippen LogP contribution in [0.25, 0.3) is 0 Å². The van der Waals surface area contributed by atoms with Crippen LogP contribution in [-0.4, -0.2) is 79.2 Å². The van der Waals surface area contributed by atoms with Gasteiger partial charge in [-0.2, -0.15) is 9.27 Å². The average Bonchev–Trinajstić information content (AvgIpc) is 2.72. The van der Waals surface area contributed by atoms with E-state index in [0.29, 0.717) is 19.4 Å². The molecule has 144 valence electrons. The van der Waals surface area contributed by atoms with Gasteiger partial charge in [-0.25, -0.2) is 4.79 Å². The lowest BCUT2D eigenvalue weighted by Gasteiger charge is -2.59. The predicted molar refractivity (Wildman–Crippen MR) is 88.5 cm³/mol.